The van der Waals surface area contributed by atoms with Gasteiger partial charge in [0.25, 0.3) is 0 Å². The number of fused-ring (bicyclic) bond motifs is 3. The first-order valence-electron chi connectivity index (χ1n) is 12.9. The summed E-state index contributed by atoms with van der Waals surface area (Å²) in [5.74, 6) is 0. The van der Waals surface area contributed by atoms with E-state index in [1.165, 1.54) is 44.8 Å². The molecule has 36 heavy (non-hydrogen) atoms. The summed E-state index contributed by atoms with van der Waals surface area (Å²) in [6.07, 6.45) is 2.85. The second-order valence-electron chi connectivity index (χ2n) is 9.33. The number of hydrogen-bond acceptors (Lipinski definition) is 2. The van der Waals surface area contributed by atoms with Crippen molar-refractivity contribution in [3.63, 3.8) is 0 Å². The molecule has 1 aliphatic carbocycles. The van der Waals surface area contributed by atoms with Crippen LogP contribution in [0.4, 0.5) is 17.1 Å². The maximum absolute atomic E-state index is 5.16. The Balaban J connectivity index is 1.51. The van der Waals surface area contributed by atoms with E-state index in [-0.39, 0.29) is 0 Å². The van der Waals surface area contributed by atoms with E-state index in [4.69, 9.17) is 4.98 Å². The summed E-state index contributed by atoms with van der Waals surface area (Å²) in [7, 11) is 0. The first kappa shape index (κ1) is 22.3. The molecule has 0 spiro atoms. The van der Waals surface area contributed by atoms with Crippen molar-refractivity contribution in [3.8, 4) is 22.3 Å². The van der Waals surface area contributed by atoms with Crippen LogP contribution >= 0.6 is 0 Å². The van der Waals surface area contributed by atoms with Crippen molar-refractivity contribution in [3.05, 3.63) is 132 Å². The van der Waals surface area contributed by atoms with Crippen molar-refractivity contribution in [1.82, 2.24) is 4.98 Å². The molecule has 0 saturated heterocycles. The van der Waals surface area contributed by atoms with Gasteiger partial charge in [-0.15, -0.1) is 0 Å². The van der Waals surface area contributed by atoms with E-state index in [9.17, 15) is 0 Å². The lowest BCUT2D eigenvalue weighted by atomic mass is 9.89. The normalized spacial score (nSPS) is 11.7. The van der Waals surface area contributed by atoms with Crippen LogP contribution < -0.4 is 4.90 Å². The largest absolute Gasteiger partial charge is 0.311 e. The van der Waals surface area contributed by atoms with Crippen molar-refractivity contribution in [2.24, 2.45) is 0 Å². The molecule has 0 saturated carbocycles. The summed E-state index contributed by atoms with van der Waals surface area (Å²) in [6.45, 7) is 4.48. The number of hydrogen-bond donors (Lipinski definition) is 0. The van der Waals surface area contributed by atoms with Crippen LogP contribution in [-0.4, -0.2) is 4.98 Å². The van der Waals surface area contributed by atoms with E-state index in [2.05, 4.69) is 128 Å². The van der Waals surface area contributed by atoms with Crippen LogP contribution in [0.2, 0.25) is 0 Å². The Hall–Kier alpha value is -4.17. The fourth-order valence-corrected chi connectivity index (χ4v) is 5.61. The zero-order valence-corrected chi connectivity index (χ0v) is 20.9. The van der Waals surface area contributed by atoms with Crippen LogP contribution in [0.5, 0.6) is 0 Å². The van der Waals surface area contributed by atoms with Gasteiger partial charge in [0.1, 0.15) is 0 Å². The zero-order valence-electron chi connectivity index (χ0n) is 20.9. The smallest absolute Gasteiger partial charge is 0.0535 e. The molecule has 1 aromatic heterocycles. The van der Waals surface area contributed by atoms with Crippen molar-refractivity contribution in [2.45, 2.75) is 33.1 Å². The van der Waals surface area contributed by atoms with Crippen LogP contribution in [0.3, 0.4) is 0 Å². The van der Waals surface area contributed by atoms with Gasteiger partial charge in [0.05, 0.1) is 5.69 Å². The number of benzene rings is 4. The molecule has 0 radical (unpaired) electrons. The van der Waals surface area contributed by atoms with Gasteiger partial charge < -0.3 is 4.90 Å². The molecule has 4 aromatic carbocycles. The molecular formula is C34H30N2. The Labute approximate surface area is 213 Å². The molecule has 6 rings (SSSR count). The standard InChI is InChI=1S/C34H30N2/c1-3-29-31(4-2)35-32-23-25-13-11-12-18-30(25)34(32)33(29)24-19-21-28(22-20-24)36(26-14-7-5-8-15-26)27-16-9-6-10-17-27/h5-22H,3-4,23H2,1-2H3. The highest BCUT2D eigenvalue weighted by Gasteiger charge is 2.27. The van der Waals surface area contributed by atoms with Crippen LogP contribution in [0.1, 0.15) is 36.4 Å². The van der Waals surface area contributed by atoms with Gasteiger partial charge in [-0.25, -0.2) is 0 Å². The highest BCUT2D eigenvalue weighted by atomic mass is 15.1. The summed E-state index contributed by atoms with van der Waals surface area (Å²) in [4.78, 5) is 7.47. The quantitative estimate of drug-likeness (QED) is 0.244. The molecule has 0 atom stereocenters. The second-order valence-corrected chi connectivity index (χ2v) is 9.33. The number of para-hydroxylation sites is 2. The molecular weight excluding hydrogens is 436 g/mol. The van der Waals surface area contributed by atoms with Crippen LogP contribution in [0.15, 0.2) is 109 Å². The molecule has 0 amide bonds. The van der Waals surface area contributed by atoms with Gasteiger partial charge in [0, 0.05) is 34.7 Å². The van der Waals surface area contributed by atoms with Gasteiger partial charge in [-0.2, -0.15) is 0 Å². The first-order chi connectivity index (χ1) is 17.8. The number of nitrogens with zero attached hydrogens (tertiary/aromatic N) is 2. The van der Waals surface area contributed by atoms with Crippen LogP contribution in [0, 0.1) is 0 Å². The highest BCUT2D eigenvalue weighted by Crippen LogP contribution is 2.45. The van der Waals surface area contributed by atoms with Gasteiger partial charge in [-0.1, -0.05) is 86.6 Å². The number of anilines is 3. The fourth-order valence-electron chi connectivity index (χ4n) is 5.61. The van der Waals surface area contributed by atoms with Crippen LogP contribution in [0.25, 0.3) is 22.3 Å². The second kappa shape index (κ2) is 9.47. The Morgan fingerprint density at radius 1 is 0.611 bits per heavy atom. The third-order valence-corrected chi connectivity index (χ3v) is 7.23. The summed E-state index contributed by atoms with van der Waals surface area (Å²) in [5, 5.41) is 0. The van der Waals surface area contributed by atoms with Crippen molar-refractivity contribution in [1.29, 1.82) is 0 Å². The lowest BCUT2D eigenvalue weighted by Gasteiger charge is -2.26. The summed E-state index contributed by atoms with van der Waals surface area (Å²) < 4.78 is 0. The van der Waals surface area contributed by atoms with Crippen molar-refractivity contribution < 1.29 is 0 Å². The van der Waals surface area contributed by atoms with Crippen LogP contribution in [-0.2, 0) is 19.3 Å². The Kier molecular flexibility index (Phi) is 5.87. The van der Waals surface area contributed by atoms with Crippen molar-refractivity contribution in [2.75, 3.05) is 4.90 Å². The summed E-state index contributed by atoms with van der Waals surface area (Å²) >= 11 is 0. The Morgan fingerprint density at radius 3 is 1.81 bits per heavy atom. The topological polar surface area (TPSA) is 16.1 Å². The van der Waals surface area contributed by atoms with E-state index in [1.807, 2.05) is 0 Å². The molecule has 2 heteroatoms. The minimum Gasteiger partial charge on any atom is -0.311 e. The highest BCUT2D eigenvalue weighted by molar-refractivity contribution is 5.92. The summed E-state index contributed by atoms with van der Waals surface area (Å²) in [5.41, 5.74) is 14.0. The predicted octanol–water partition coefficient (Wildman–Crippen LogP) is 8.91. The van der Waals surface area contributed by atoms with E-state index in [0.717, 1.165) is 36.3 Å². The number of pyridine rings is 1. The molecule has 176 valence electrons. The minimum absolute atomic E-state index is 0.920. The maximum atomic E-state index is 5.16. The predicted molar refractivity (Wildman–Crippen MR) is 151 cm³/mol. The third kappa shape index (κ3) is 3.79. The fraction of sp³-hybridized carbons (Fsp3) is 0.147. The SMILES string of the molecule is CCc1nc2c(c(-c3ccc(N(c4ccccc4)c4ccccc4)cc3)c1CC)-c1ccccc1C2. The lowest BCUT2D eigenvalue weighted by molar-refractivity contribution is 0.939. The van der Waals surface area contributed by atoms with E-state index >= 15 is 0 Å². The molecule has 5 aromatic rings. The maximum Gasteiger partial charge on any atom is 0.0535 e. The average Bonchev–Trinajstić information content (AvgIpc) is 3.32. The number of aromatic nitrogens is 1. The number of aryl methyl sites for hydroxylation is 1. The summed E-state index contributed by atoms with van der Waals surface area (Å²) in [6, 6.07) is 39.1. The molecule has 0 fully saturated rings. The van der Waals surface area contributed by atoms with Crippen molar-refractivity contribution >= 4 is 17.1 Å². The van der Waals surface area contributed by atoms with Gasteiger partial charge in [0.15, 0.2) is 0 Å². The zero-order chi connectivity index (χ0) is 24.5. The van der Waals surface area contributed by atoms with Gasteiger partial charge in [-0.3, -0.25) is 4.98 Å². The monoisotopic (exact) mass is 466 g/mol. The molecule has 1 heterocycles. The average molecular weight is 467 g/mol. The third-order valence-electron chi connectivity index (χ3n) is 7.23. The number of rotatable bonds is 6. The Morgan fingerprint density at radius 2 is 1.19 bits per heavy atom. The molecule has 0 N–H and O–H groups in total. The first-order valence-corrected chi connectivity index (χ1v) is 12.9. The molecule has 0 bridgehead atoms. The molecule has 0 aliphatic heterocycles. The molecule has 1 aliphatic rings. The Bertz CT molecular complexity index is 1460. The van der Waals surface area contributed by atoms with Gasteiger partial charge in [0.2, 0.25) is 0 Å². The lowest BCUT2D eigenvalue weighted by Crippen LogP contribution is -2.09. The van der Waals surface area contributed by atoms with E-state index in [0.29, 0.717) is 0 Å². The van der Waals surface area contributed by atoms with E-state index < -0.39 is 0 Å². The molecule has 0 unspecified atom stereocenters. The van der Waals surface area contributed by atoms with Gasteiger partial charge >= 0.3 is 0 Å². The van der Waals surface area contributed by atoms with Gasteiger partial charge in [-0.05, 0) is 77.1 Å². The van der Waals surface area contributed by atoms with E-state index in [1.54, 1.807) is 0 Å². The molecule has 2 nitrogen and oxygen atoms in total. The minimum atomic E-state index is 0.920.